The second kappa shape index (κ2) is 63.1. The Kier molecular flexibility index (Phi) is 59.4. The average molecular weight is 1050 g/mol. The lowest BCUT2D eigenvalue weighted by atomic mass is 10.1. The topological polar surface area (TPSA) is 78.9 Å². The van der Waals surface area contributed by atoms with Gasteiger partial charge in [-0.2, -0.15) is 0 Å². The Morgan fingerprint density at radius 1 is 0.276 bits per heavy atom. The Labute approximate surface area is 468 Å². The number of hydrogen-bond donors (Lipinski definition) is 0. The molecule has 0 amide bonds. The van der Waals surface area contributed by atoms with Crippen molar-refractivity contribution in [1.29, 1.82) is 0 Å². The summed E-state index contributed by atoms with van der Waals surface area (Å²) in [5.74, 6) is -0.930. The van der Waals surface area contributed by atoms with Crippen molar-refractivity contribution in [2.24, 2.45) is 0 Å². The molecule has 0 fully saturated rings. The van der Waals surface area contributed by atoms with Crippen molar-refractivity contribution in [3.05, 3.63) is 134 Å². The zero-order chi connectivity index (χ0) is 55.0. The number of ether oxygens (including phenoxy) is 3. The van der Waals surface area contributed by atoms with Gasteiger partial charge in [-0.05, 0) is 128 Å². The van der Waals surface area contributed by atoms with E-state index in [9.17, 15) is 14.4 Å². The number of rotatable bonds is 55. The summed E-state index contributed by atoms with van der Waals surface area (Å²) in [6, 6.07) is 0. The van der Waals surface area contributed by atoms with Crippen LogP contribution in [0, 0.1) is 0 Å². The van der Waals surface area contributed by atoms with Crippen LogP contribution in [0.15, 0.2) is 134 Å². The molecule has 0 aromatic carbocycles. The van der Waals surface area contributed by atoms with E-state index in [2.05, 4.69) is 154 Å². The third-order valence-corrected chi connectivity index (χ3v) is 12.8. The second-order valence-corrected chi connectivity index (χ2v) is 20.2. The molecule has 0 heterocycles. The molecule has 6 heteroatoms. The number of esters is 3. The summed E-state index contributed by atoms with van der Waals surface area (Å²) in [5.41, 5.74) is 0. The first kappa shape index (κ1) is 71.5. The summed E-state index contributed by atoms with van der Waals surface area (Å²) in [4.78, 5) is 38.2. The van der Waals surface area contributed by atoms with E-state index in [4.69, 9.17) is 14.2 Å². The van der Waals surface area contributed by atoms with Gasteiger partial charge in [-0.1, -0.05) is 257 Å². The van der Waals surface area contributed by atoms with Crippen LogP contribution < -0.4 is 0 Å². The molecule has 0 aliphatic rings. The van der Waals surface area contributed by atoms with Gasteiger partial charge >= 0.3 is 17.9 Å². The molecule has 6 nitrogen and oxygen atoms in total. The van der Waals surface area contributed by atoms with Gasteiger partial charge in [-0.3, -0.25) is 14.4 Å². The van der Waals surface area contributed by atoms with Gasteiger partial charge < -0.3 is 14.2 Å². The predicted molar refractivity (Wildman–Crippen MR) is 329 cm³/mol. The van der Waals surface area contributed by atoms with E-state index in [0.717, 1.165) is 167 Å². The van der Waals surface area contributed by atoms with Gasteiger partial charge in [0, 0.05) is 19.3 Å². The number of allylic oxidation sites excluding steroid dienone is 22. The minimum absolute atomic E-state index is 0.0946. The van der Waals surface area contributed by atoms with Crippen LogP contribution in [0.4, 0.5) is 0 Å². The molecule has 76 heavy (non-hydrogen) atoms. The quantitative estimate of drug-likeness (QED) is 0.0261. The first-order valence-corrected chi connectivity index (χ1v) is 31.2. The van der Waals surface area contributed by atoms with Crippen LogP contribution in [0.25, 0.3) is 0 Å². The fourth-order valence-electron chi connectivity index (χ4n) is 8.18. The Hall–Kier alpha value is -4.45. The average Bonchev–Trinajstić information content (AvgIpc) is 3.42. The molecular weight excluding hydrogens is 937 g/mol. The number of carbonyl (C=O) groups is 3. The van der Waals surface area contributed by atoms with Gasteiger partial charge in [-0.15, -0.1) is 0 Å². The lowest BCUT2D eigenvalue weighted by Gasteiger charge is -2.18. The third kappa shape index (κ3) is 60.4. The fraction of sp³-hybridized carbons (Fsp3) is 0.643. The van der Waals surface area contributed by atoms with Crippen LogP contribution in [0.2, 0.25) is 0 Å². The lowest BCUT2D eigenvalue weighted by molar-refractivity contribution is -0.167. The number of unbranched alkanes of at least 4 members (excludes halogenated alkanes) is 22. The fourth-order valence-corrected chi connectivity index (χ4v) is 8.18. The minimum Gasteiger partial charge on any atom is -0.462 e. The molecule has 0 aromatic rings. The summed E-state index contributed by atoms with van der Waals surface area (Å²) < 4.78 is 16.9. The smallest absolute Gasteiger partial charge is 0.306 e. The van der Waals surface area contributed by atoms with E-state index in [1.54, 1.807) is 0 Å². The molecule has 0 radical (unpaired) electrons. The van der Waals surface area contributed by atoms with Crippen LogP contribution in [-0.4, -0.2) is 37.2 Å². The first-order valence-electron chi connectivity index (χ1n) is 31.2. The zero-order valence-electron chi connectivity index (χ0n) is 49.2. The van der Waals surface area contributed by atoms with Crippen molar-refractivity contribution in [2.75, 3.05) is 13.2 Å². The van der Waals surface area contributed by atoms with Gasteiger partial charge in [0.05, 0.1) is 0 Å². The molecule has 0 bridgehead atoms. The van der Waals surface area contributed by atoms with Gasteiger partial charge in [-0.25, -0.2) is 0 Å². The molecule has 0 aliphatic carbocycles. The van der Waals surface area contributed by atoms with E-state index in [1.165, 1.54) is 64.2 Å². The molecule has 0 spiro atoms. The Morgan fingerprint density at radius 2 is 0.539 bits per heavy atom. The maximum atomic E-state index is 12.9. The molecule has 1 unspecified atom stereocenters. The highest BCUT2D eigenvalue weighted by atomic mass is 16.6. The van der Waals surface area contributed by atoms with Crippen molar-refractivity contribution >= 4 is 17.9 Å². The zero-order valence-corrected chi connectivity index (χ0v) is 49.2. The number of carbonyl (C=O) groups excluding carboxylic acids is 3. The third-order valence-electron chi connectivity index (χ3n) is 12.8. The van der Waals surface area contributed by atoms with E-state index >= 15 is 0 Å². The van der Waals surface area contributed by atoms with Crippen LogP contribution in [-0.2, 0) is 28.6 Å². The van der Waals surface area contributed by atoms with Crippen LogP contribution in [0.1, 0.15) is 271 Å². The van der Waals surface area contributed by atoms with E-state index < -0.39 is 6.10 Å². The molecule has 0 aromatic heterocycles. The van der Waals surface area contributed by atoms with Gasteiger partial charge in [0.25, 0.3) is 0 Å². The molecule has 0 aliphatic heterocycles. The summed E-state index contributed by atoms with van der Waals surface area (Å²) in [7, 11) is 0. The predicted octanol–water partition coefficient (Wildman–Crippen LogP) is 21.4. The molecule has 0 saturated heterocycles. The van der Waals surface area contributed by atoms with Crippen molar-refractivity contribution < 1.29 is 28.6 Å². The summed E-state index contributed by atoms with van der Waals surface area (Å²) in [6.45, 7) is 6.39. The normalized spacial score (nSPS) is 13.0. The van der Waals surface area contributed by atoms with Gasteiger partial charge in [0.15, 0.2) is 6.10 Å². The highest BCUT2D eigenvalue weighted by molar-refractivity contribution is 5.71. The maximum absolute atomic E-state index is 12.9. The molecule has 0 saturated carbocycles. The number of hydrogen-bond acceptors (Lipinski definition) is 6. The molecule has 430 valence electrons. The summed E-state index contributed by atoms with van der Waals surface area (Å²) in [5, 5.41) is 0. The maximum Gasteiger partial charge on any atom is 0.306 e. The minimum atomic E-state index is -0.798. The lowest BCUT2D eigenvalue weighted by Crippen LogP contribution is -2.30. The molecule has 1 atom stereocenters. The standard InChI is InChI=1S/C70H114O6/c1-4-7-10-13-16-19-22-25-27-28-29-30-31-32-33-34-35-36-37-38-39-40-41-42-43-46-48-51-54-57-60-63-69(72)75-66-67(65-74-68(71)62-59-56-53-50-47-44-24-21-18-15-12-9-6-3)76-70(73)64-61-58-55-52-49-45-26-23-20-17-14-11-8-5-2/h7,10,12,14-17,19,21,23-27,29-30,32-33,35-36,38-39,67H,4-6,8-9,11,13,18,20,22,28,31,34,37,40-66H2,1-3H3/b10-7-,15-12-,17-14-,19-16-,24-21-,26-23-,27-25-,30-29-,33-32-,36-35-,39-38-. The molecular formula is C70H114O6. The largest absolute Gasteiger partial charge is 0.462 e. The highest BCUT2D eigenvalue weighted by Crippen LogP contribution is 2.15. The van der Waals surface area contributed by atoms with Crippen molar-refractivity contribution in [1.82, 2.24) is 0 Å². The second-order valence-electron chi connectivity index (χ2n) is 20.2. The van der Waals surface area contributed by atoms with Crippen LogP contribution in [0.5, 0.6) is 0 Å². The van der Waals surface area contributed by atoms with Crippen molar-refractivity contribution in [3.8, 4) is 0 Å². The van der Waals surface area contributed by atoms with Crippen molar-refractivity contribution in [3.63, 3.8) is 0 Å². The van der Waals surface area contributed by atoms with E-state index in [-0.39, 0.29) is 31.1 Å². The Bertz CT molecular complexity index is 1630. The van der Waals surface area contributed by atoms with Gasteiger partial charge in [0.1, 0.15) is 13.2 Å². The Balaban J connectivity index is 4.28. The van der Waals surface area contributed by atoms with E-state index in [0.29, 0.717) is 19.3 Å². The summed E-state index contributed by atoms with van der Waals surface area (Å²) >= 11 is 0. The summed E-state index contributed by atoms with van der Waals surface area (Å²) in [6.07, 6.45) is 88.8. The van der Waals surface area contributed by atoms with E-state index in [1.807, 2.05) is 0 Å². The molecule has 0 N–H and O–H groups in total. The monoisotopic (exact) mass is 1050 g/mol. The first-order chi connectivity index (χ1) is 37.5. The SMILES string of the molecule is CC/C=C\C/C=C\C/C=C\C/C=C\C/C=C\C/C=C\C/C=C\CCCCCCCCCCCC(=O)OCC(COC(=O)CCCCCCC/C=C\C/C=C\CCC)OC(=O)CCCCCCC/C=C\C/C=C\CCCC. The van der Waals surface area contributed by atoms with Crippen LogP contribution in [0.3, 0.4) is 0 Å². The van der Waals surface area contributed by atoms with Gasteiger partial charge in [0.2, 0.25) is 0 Å². The Morgan fingerprint density at radius 3 is 0.855 bits per heavy atom. The highest BCUT2D eigenvalue weighted by Gasteiger charge is 2.19. The van der Waals surface area contributed by atoms with Crippen molar-refractivity contribution in [2.45, 2.75) is 277 Å². The van der Waals surface area contributed by atoms with Crippen LogP contribution >= 0.6 is 0 Å². The molecule has 0 rings (SSSR count).